The number of nitrogens with one attached hydrogen (secondary N) is 1. The van der Waals surface area contributed by atoms with Crippen molar-refractivity contribution in [3.8, 4) is 0 Å². The van der Waals surface area contributed by atoms with E-state index in [-0.39, 0.29) is 16.7 Å². The van der Waals surface area contributed by atoms with Gasteiger partial charge in [-0.3, -0.25) is 15.1 Å². The minimum atomic E-state index is -0.356. The molecule has 1 rings (SSSR count). The quantitative estimate of drug-likeness (QED) is 0.569. The molecule has 0 bridgehead atoms. The fourth-order valence-corrected chi connectivity index (χ4v) is 1.96. The van der Waals surface area contributed by atoms with Gasteiger partial charge in [0.1, 0.15) is 5.69 Å². The Hall–Kier alpha value is -1.49. The molecular weight excluding hydrogens is 230 g/mol. The molecule has 0 saturated carbocycles. The summed E-state index contributed by atoms with van der Waals surface area (Å²) in [4.78, 5) is 14.7. The van der Waals surface area contributed by atoms with Crippen LogP contribution >= 0.6 is 0 Å². The maximum atomic E-state index is 10.9. The average molecular weight is 251 g/mol. The second kappa shape index (κ2) is 7.76. The van der Waals surface area contributed by atoms with E-state index in [1.165, 1.54) is 6.07 Å². The molecule has 0 radical (unpaired) electrons. The van der Waals surface area contributed by atoms with Crippen LogP contribution in [0.15, 0.2) is 18.3 Å². The molecule has 18 heavy (non-hydrogen) atoms. The van der Waals surface area contributed by atoms with Crippen molar-refractivity contribution in [3.05, 3.63) is 34.1 Å². The molecule has 0 saturated heterocycles. The van der Waals surface area contributed by atoms with Gasteiger partial charge in [-0.25, -0.2) is 0 Å². The van der Waals surface area contributed by atoms with Crippen molar-refractivity contribution in [1.29, 1.82) is 0 Å². The maximum absolute atomic E-state index is 10.9. The summed E-state index contributed by atoms with van der Waals surface area (Å²) in [6, 6.07) is 3.39. The molecule has 0 aliphatic carbocycles. The van der Waals surface area contributed by atoms with Gasteiger partial charge in [-0.05, 0) is 25.5 Å². The van der Waals surface area contributed by atoms with Crippen LogP contribution in [0.1, 0.15) is 38.8 Å². The minimum absolute atomic E-state index is 0.122. The predicted octanol–water partition coefficient (Wildman–Crippen LogP) is 2.70. The zero-order valence-corrected chi connectivity index (χ0v) is 11.1. The van der Waals surface area contributed by atoms with Gasteiger partial charge in [-0.15, -0.1) is 0 Å². The first-order valence-electron chi connectivity index (χ1n) is 6.50. The predicted molar refractivity (Wildman–Crippen MR) is 71.6 cm³/mol. The van der Waals surface area contributed by atoms with Gasteiger partial charge in [-0.1, -0.05) is 20.3 Å². The Labute approximate surface area is 108 Å². The fourth-order valence-electron chi connectivity index (χ4n) is 1.96. The Morgan fingerprint density at radius 3 is 2.83 bits per heavy atom. The van der Waals surface area contributed by atoms with Gasteiger partial charge >= 0.3 is 0 Å². The molecule has 1 N–H and O–H groups in total. The van der Waals surface area contributed by atoms with E-state index in [2.05, 4.69) is 24.1 Å². The normalized spacial score (nSPS) is 12.3. The summed E-state index contributed by atoms with van der Waals surface area (Å²) < 4.78 is 0. The van der Waals surface area contributed by atoms with Crippen LogP contribution in [0, 0.1) is 10.1 Å². The van der Waals surface area contributed by atoms with Crippen LogP contribution in [0.4, 0.5) is 5.69 Å². The highest BCUT2D eigenvalue weighted by Gasteiger charge is 2.17. The van der Waals surface area contributed by atoms with E-state index < -0.39 is 0 Å². The molecule has 0 aliphatic rings. The number of pyridine rings is 1. The molecule has 5 nitrogen and oxygen atoms in total. The average Bonchev–Trinajstić information content (AvgIpc) is 2.36. The van der Waals surface area contributed by atoms with E-state index >= 15 is 0 Å². The van der Waals surface area contributed by atoms with Crippen LogP contribution in [-0.2, 0) is 6.42 Å². The Bertz CT molecular complexity index is 382. The highest BCUT2D eigenvalue weighted by Crippen LogP contribution is 2.17. The monoisotopic (exact) mass is 251 g/mol. The molecule has 0 amide bonds. The number of hydrogen-bond acceptors (Lipinski definition) is 4. The molecule has 0 aliphatic heterocycles. The van der Waals surface area contributed by atoms with Crippen molar-refractivity contribution in [2.75, 3.05) is 6.54 Å². The number of aromatic nitrogens is 1. The molecule has 5 heteroatoms. The topological polar surface area (TPSA) is 68.1 Å². The summed E-state index contributed by atoms with van der Waals surface area (Å²) in [7, 11) is 0. The summed E-state index contributed by atoms with van der Waals surface area (Å²) >= 11 is 0. The molecule has 1 heterocycles. The van der Waals surface area contributed by atoms with Crippen molar-refractivity contribution in [1.82, 2.24) is 10.3 Å². The third kappa shape index (κ3) is 4.41. The highest BCUT2D eigenvalue weighted by molar-refractivity contribution is 5.34. The third-order valence-electron chi connectivity index (χ3n) is 2.82. The molecule has 1 atom stereocenters. The number of nitro groups is 1. The van der Waals surface area contributed by atoms with E-state index in [1.807, 2.05) is 0 Å². The van der Waals surface area contributed by atoms with Crippen LogP contribution < -0.4 is 5.32 Å². The zero-order valence-electron chi connectivity index (χ0n) is 11.1. The van der Waals surface area contributed by atoms with Crippen LogP contribution in [0.25, 0.3) is 0 Å². The molecular formula is C13H21N3O2. The van der Waals surface area contributed by atoms with Crippen LogP contribution in [0.5, 0.6) is 0 Å². The van der Waals surface area contributed by atoms with Crippen LogP contribution in [0.3, 0.4) is 0 Å². The summed E-state index contributed by atoms with van der Waals surface area (Å²) in [5, 5.41) is 14.3. The van der Waals surface area contributed by atoms with Gasteiger partial charge in [0.25, 0.3) is 5.69 Å². The molecule has 1 aromatic heterocycles. The van der Waals surface area contributed by atoms with Gasteiger partial charge in [-0.2, -0.15) is 0 Å². The second-order valence-corrected chi connectivity index (χ2v) is 4.37. The Morgan fingerprint density at radius 2 is 2.22 bits per heavy atom. The van der Waals surface area contributed by atoms with Crippen molar-refractivity contribution in [2.24, 2.45) is 0 Å². The van der Waals surface area contributed by atoms with Gasteiger partial charge in [0.15, 0.2) is 0 Å². The lowest BCUT2D eigenvalue weighted by Crippen LogP contribution is -2.32. The lowest BCUT2D eigenvalue weighted by Gasteiger charge is -2.17. The van der Waals surface area contributed by atoms with Gasteiger partial charge in [0, 0.05) is 24.7 Å². The Morgan fingerprint density at radius 1 is 1.44 bits per heavy atom. The van der Waals surface area contributed by atoms with E-state index in [9.17, 15) is 10.1 Å². The summed E-state index contributed by atoms with van der Waals surface area (Å²) in [5.41, 5.74) is 0.696. The largest absolute Gasteiger partial charge is 0.314 e. The summed E-state index contributed by atoms with van der Waals surface area (Å²) in [6.45, 7) is 5.16. The first-order valence-corrected chi connectivity index (χ1v) is 6.50. The van der Waals surface area contributed by atoms with Crippen molar-refractivity contribution < 1.29 is 4.92 Å². The first kappa shape index (κ1) is 14.6. The van der Waals surface area contributed by atoms with Crippen molar-refractivity contribution in [3.63, 3.8) is 0 Å². The summed E-state index contributed by atoms with van der Waals surface area (Å²) in [6.07, 6.45) is 5.36. The van der Waals surface area contributed by atoms with Gasteiger partial charge < -0.3 is 5.32 Å². The lowest BCUT2D eigenvalue weighted by atomic mass is 10.0. The van der Waals surface area contributed by atoms with Crippen molar-refractivity contribution >= 4 is 5.69 Å². The van der Waals surface area contributed by atoms with Crippen LogP contribution in [0.2, 0.25) is 0 Å². The molecule has 1 aromatic rings. The summed E-state index contributed by atoms with van der Waals surface area (Å²) in [5.74, 6) is 0. The standard InChI is InChI=1S/C13H21N3O2/c1-3-6-11(14-8-4-2)10-12-13(16(17)18)7-5-9-15-12/h5,7,9,11,14H,3-4,6,8,10H2,1-2H3. The molecule has 0 spiro atoms. The molecule has 1 unspecified atom stereocenters. The van der Waals surface area contributed by atoms with E-state index in [0.29, 0.717) is 12.1 Å². The lowest BCUT2D eigenvalue weighted by molar-refractivity contribution is -0.386. The Kier molecular flexibility index (Phi) is 6.28. The van der Waals surface area contributed by atoms with Crippen molar-refractivity contribution in [2.45, 2.75) is 45.6 Å². The fraction of sp³-hybridized carbons (Fsp3) is 0.615. The minimum Gasteiger partial charge on any atom is -0.314 e. The third-order valence-corrected chi connectivity index (χ3v) is 2.82. The van der Waals surface area contributed by atoms with Crippen LogP contribution in [-0.4, -0.2) is 22.5 Å². The van der Waals surface area contributed by atoms with E-state index in [0.717, 1.165) is 25.8 Å². The molecule has 0 fully saturated rings. The second-order valence-electron chi connectivity index (χ2n) is 4.37. The van der Waals surface area contributed by atoms with E-state index in [1.54, 1.807) is 12.3 Å². The highest BCUT2D eigenvalue weighted by atomic mass is 16.6. The van der Waals surface area contributed by atoms with Gasteiger partial charge in [0.2, 0.25) is 0 Å². The molecule has 0 aromatic carbocycles. The Balaban J connectivity index is 2.76. The SMILES string of the molecule is CCCNC(CCC)Cc1ncccc1[N+](=O)[O-]. The smallest absolute Gasteiger partial charge is 0.290 e. The number of nitrogens with zero attached hydrogens (tertiary/aromatic N) is 2. The zero-order chi connectivity index (χ0) is 13.4. The maximum Gasteiger partial charge on any atom is 0.290 e. The molecule has 100 valence electrons. The van der Waals surface area contributed by atoms with Gasteiger partial charge in [0.05, 0.1) is 4.92 Å². The van der Waals surface area contributed by atoms with E-state index in [4.69, 9.17) is 0 Å². The number of rotatable bonds is 8. The number of hydrogen-bond donors (Lipinski definition) is 1. The first-order chi connectivity index (χ1) is 8.69.